The van der Waals surface area contributed by atoms with E-state index in [0.29, 0.717) is 5.92 Å². The molecule has 0 bridgehead atoms. The zero-order valence-corrected chi connectivity index (χ0v) is 9.44. The minimum atomic E-state index is -0.535. The SMILES string of the molecule is CCC(C)C(C)(C)CC(C)(C)O. The van der Waals surface area contributed by atoms with Crippen molar-refractivity contribution >= 4 is 0 Å². The van der Waals surface area contributed by atoms with Gasteiger partial charge in [-0.05, 0) is 31.6 Å². The van der Waals surface area contributed by atoms with Crippen LogP contribution in [0.25, 0.3) is 0 Å². The van der Waals surface area contributed by atoms with E-state index in [1.54, 1.807) is 0 Å². The lowest BCUT2D eigenvalue weighted by Gasteiger charge is -2.36. The maximum absolute atomic E-state index is 9.70. The molecule has 0 aliphatic carbocycles. The van der Waals surface area contributed by atoms with Crippen LogP contribution in [0.1, 0.15) is 54.4 Å². The third kappa shape index (κ3) is 4.10. The molecular formula is C11H24O. The molecule has 0 radical (unpaired) electrons. The maximum atomic E-state index is 9.70. The molecule has 1 unspecified atom stereocenters. The van der Waals surface area contributed by atoms with Gasteiger partial charge in [0.25, 0.3) is 0 Å². The van der Waals surface area contributed by atoms with E-state index in [9.17, 15) is 5.11 Å². The van der Waals surface area contributed by atoms with Crippen LogP contribution in [0.3, 0.4) is 0 Å². The Morgan fingerprint density at radius 2 is 1.58 bits per heavy atom. The number of aliphatic hydroxyl groups is 1. The van der Waals surface area contributed by atoms with Crippen molar-refractivity contribution in [2.75, 3.05) is 0 Å². The van der Waals surface area contributed by atoms with E-state index >= 15 is 0 Å². The summed E-state index contributed by atoms with van der Waals surface area (Å²) in [6, 6.07) is 0. The minimum absolute atomic E-state index is 0.243. The standard InChI is InChI=1S/C11H24O/c1-7-9(2)10(3,4)8-11(5,6)12/h9,12H,7-8H2,1-6H3. The quantitative estimate of drug-likeness (QED) is 0.690. The molecule has 0 aromatic carbocycles. The van der Waals surface area contributed by atoms with Gasteiger partial charge in [0, 0.05) is 0 Å². The summed E-state index contributed by atoms with van der Waals surface area (Å²) in [5.74, 6) is 0.670. The van der Waals surface area contributed by atoms with E-state index in [0.717, 1.165) is 6.42 Å². The highest BCUT2D eigenvalue weighted by molar-refractivity contribution is 4.81. The minimum Gasteiger partial charge on any atom is -0.390 e. The Hall–Kier alpha value is -0.0400. The van der Waals surface area contributed by atoms with Gasteiger partial charge in [0.2, 0.25) is 0 Å². The molecule has 0 aliphatic heterocycles. The predicted molar refractivity (Wildman–Crippen MR) is 54.2 cm³/mol. The van der Waals surface area contributed by atoms with Gasteiger partial charge >= 0.3 is 0 Å². The summed E-state index contributed by atoms with van der Waals surface area (Å²) in [6.07, 6.45) is 2.05. The molecule has 0 aromatic heterocycles. The fraction of sp³-hybridized carbons (Fsp3) is 1.00. The van der Waals surface area contributed by atoms with Crippen molar-refractivity contribution in [2.45, 2.75) is 60.0 Å². The summed E-state index contributed by atoms with van der Waals surface area (Å²) < 4.78 is 0. The summed E-state index contributed by atoms with van der Waals surface area (Å²) in [4.78, 5) is 0. The van der Waals surface area contributed by atoms with Crippen molar-refractivity contribution in [1.29, 1.82) is 0 Å². The van der Waals surface area contributed by atoms with Crippen LogP contribution in [0.5, 0.6) is 0 Å². The maximum Gasteiger partial charge on any atom is 0.0597 e. The molecule has 0 amide bonds. The van der Waals surface area contributed by atoms with Crippen LogP contribution in [0.4, 0.5) is 0 Å². The number of hydrogen-bond acceptors (Lipinski definition) is 1. The number of rotatable bonds is 4. The third-order valence-corrected chi connectivity index (χ3v) is 2.83. The highest BCUT2D eigenvalue weighted by Crippen LogP contribution is 2.36. The second-order valence-electron chi connectivity index (χ2n) is 5.29. The van der Waals surface area contributed by atoms with Gasteiger partial charge in [-0.15, -0.1) is 0 Å². The first kappa shape index (κ1) is 12.0. The van der Waals surface area contributed by atoms with E-state index < -0.39 is 5.60 Å². The van der Waals surface area contributed by atoms with Gasteiger partial charge in [-0.3, -0.25) is 0 Å². The molecule has 0 spiro atoms. The lowest BCUT2D eigenvalue weighted by Crippen LogP contribution is -2.32. The van der Waals surface area contributed by atoms with Gasteiger partial charge in [-0.2, -0.15) is 0 Å². The average molecular weight is 172 g/mol. The van der Waals surface area contributed by atoms with E-state index in [-0.39, 0.29) is 5.41 Å². The fourth-order valence-corrected chi connectivity index (χ4v) is 1.84. The zero-order chi connectivity index (χ0) is 9.99. The average Bonchev–Trinajstić information content (AvgIpc) is 1.80. The van der Waals surface area contributed by atoms with Crippen molar-refractivity contribution in [3.63, 3.8) is 0 Å². The molecule has 0 saturated carbocycles. The first-order valence-electron chi connectivity index (χ1n) is 4.91. The molecular weight excluding hydrogens is 148 g/mol. The lowest BCUT2D eigenvalue weighted by atomic mass is 9.72. The van der Waals surface area contributed by atoms with Crippen molar-refractivity contribution in [1.82, 2.24) is 0 Å². The molecule has 0 aliphatic rings. The second-order valence-corrected chi connectivity index (χ2v) is 5.29. The molecule has 12 heavy (non-hydrogen) atoms. The Kier molecular flexibility index (Phi) is 3.77. The first-order valence-corrected chi connectivity index (χ1v) is 4.91. The summed E-state index contributed by atoms with van der Waals surface area (Å²) >= 11 is 0. The van der Waals surface area contributed by atoms with E-state index in [4.69, 9.17) is 0 Å². The second kappa shape index (κ2) is 3.78. The van der Waals surface area contributed by atoms with Crippen LogP contribution in [0.2, 0.25) is 0 Å². The molecule has 0 fully saturated rings. The summed E-state index contributed by atoms with van der Waals surface area (Å²) in [7, 11) is 0. The molecule has 0 heterocycles. The van der Waals surface area contributed by atoms with E-state index in [1.807, 2.05) is 13.8 Å². The fourth-order valence-electron chi connectivity index (χ4n) is 1.84. The van der Waals surface area contributed by atoms with E-state index in [2.05, 4.69) is 27.7 Å². The third-order valence-electron chi connectivity index (χ3n) is 2.83. The lowest BCUT2D eigenvalue weighted by molar-refractivity contribution is 0.0134. The van der Waals surface area contributed by atoms with Crippen LogP contribution < -0.4 is 0 Å². The molecule has 0 saturated heterocycles. The van der Waals surface area contributed by atoms with Gasteiger partial charge in [-0.25, -0.2) is 0 Å². The van der Waals surface area contributed by atoms with Crippen LogP contribution >= 0.6 is 0 Å². The van der Waals surface area contributed by atoms with Crippen LogP contribution in [0, 0.1) is 11.3 Å². The van der Waals surface area contributed by atoms with Crippen LogP contribution in [-0.2, 0) is 0 Å². The molecule has 1 N–H and O–H groups in total. The van der Waals surface area contributed by atoms with Gasteiger partial charge < -0.3 is 5.11 Å². The Morgan fingerprint density at radius 1 is 1.17 bits per heavy atom. The first-order chi connectivity index (χ1) is 5.19. The normalized spacial score (nSPS) is 16.2. The Labute approximate surface area is 77.2 Å². The summed E-state index contributed by atoms with van der Waals surface area (Å²) in [5.41, 5.74) is -0.292. The zero-order valence-electron chi connectivity index (χ0n) is 9.44. The Morgan fingerprint density at radius 3 is 1.83 bits per heavy atom. The summed E-state index contributed by atoms with van der Waals surface area (Å²) in [6.45, 7) is 12.7. The van der Waals surface area contributed by atoms with Crippen LogP contribution in [-0.4, -0.2) is 10.7 Å². The van der Waals surface area contributed by atoms with Gasteiger partial charge in [0.1, 0.15) is 0 Å². The largest absolute Gasteiger partial charge is 0.390 e. The van der Waals surface area contributed by atoms with Gasteiger partial charge in [-0.1, -0.05) is 34.1 Å². The van der Waals surface area contributed by atoms with Gasteiger partial charge in [0.15, 0.2) is 0 Å². The van der Waals surface area contributed by atoms with Crippen LogP contribution in [0.15, 0.2) is 0 Å². The Bertz CT molecular complexity index is 130. The van der Waals surface area contributed by atoms with Crippen molar-refractivity contribution < 1.29 is 5.11 Å². The molecule has 1 heteroatoms. The van der Waals surface area contributed by atoms with E-state index in [1.165, 1.54) is 6.42 Å². The molecule has 0 rings (SSSR count). The smallest absolute Gasteiger partial charge is 0.0597 e. The molecule has 74 valence electrons. The monoisotopic (exact) mass is 172 g/mol. The van der Waals surface area contributed by atoms with Crippen molar-refractivity contribution in [2.24, 2.45) is 11.3 Å². The molecule has 1 atom stereocenters. The Balaban J connectivity index is 4.22. The molecule has 1 nitrogen and oxygen atoms in total. The molecule has 0 aromatic rings. The highest BCUT2D eigenvalue weighted by atomic mass is 16.3. The summed E-state index contributed by atoms with van der Waals surface area (Å²) in [5, 5.41) is 9.70. The highest BCUT2D eigenvalue weighted by Gasteiger charge is 2.30. The van der Waals surface area contributed by atoms with Crippen molar-refractivity contribution in [3.05, 3.63) is 0 Å². The predicted octanol–water partition coefficient (Wildman–Crippen LogP) is 3.22. The van der Waals surface area contributed by atoms with Crippen molar-refractivity contribution in [3.8, 4) is 0 Å². The number of hydrogen-bond donors (Lipinski definition) is 1. The van der Waals surface area contributed by atoms with Gasteiger partial charge in [0.05, 0.1) is 5.60 Å². The topological polar surface area (TPSA) is 20.2 Å².